The molecule has 6 heterocycles. The molecule has 8 rings (SSSR count). The number of hydrogen-bond acceptors (Lipinski definition) is 13. The first kappa shape index (κ1) is 43.7. The van der Waals surface area contributed by atoms with E-state index in [4.69, 9.17) is 24.7 Å². The van der Waals surface area contributed by atoms with Crippen molar-refractivity contribution in [3.05, 3.63) is 83.2 Å². The molecule has 4 amide bonds. The van der Waals surface area contributed by atoms with Gasteiger partial charge < -0.3 is 45.4 Å². The zero-order valence-electron chi connectivity index (χ0n) is 31.0. The third-order valence-electron chi connectivity index (χ3n) is 9.17. The van der Waals surface area contributed by atoms with Crippen LogP contribution in [0.5, 0.6) is 11.5 Å². The quantitative estimate of drug-likeness (QED) is 0.150. The summed E-state index contributed by atoms with van der Waals surface area (Å²) in [6.45, 7) is 7.82. The summed E-state index contributed by atoms with van der Waals surface area (Å²) in [4.78, 5) is 68.1. The number of nitrogens with zero attached hydrogens (tertiary/aromatic N) is 5. The van der Waals surface area contributed by atoms with Gasteiger partial charge in [-0.25, -0.2) is 14.6 Å². The molecule has 18 heteroatoms. The van der Waals surface area contributed by atoms with Crippen LogP contribution in [0.3, 0.4) is 0 Å². The molecule has 2 aromatic carbocycles. The molecule has 4 atom stereocenters. The minimum atomic E-state index is -0.559. The monoisotopic (exact) mass is 800 g/mol. The molecule has 18 nitrogen and oxygen atoms in total. The summed E-state index contributed by atoms with van der Waals surface area (Å²) in [5.74, 6) is 0.963. The molecule has 0 radical (unpaired) electrons. The van der Waals surface area contributed by atoms with Crippen LogP contribution in [-0.2, 0) is 19.1 Å². The number of pyridine rings is 2. The Morgan fingerprint density at radius 1 is 0.741 bits per heavy atom. The highest BCUT2D eigenvalue weighted by Gasteiger charge is 2.47. The summed E-state index contributed by atoms with van der Waals surface area (Å²) < 4.78 is 22.5. The lowest BCUT2D eigenvalue weighted by molar-refractivity contribution is -0.389. The third kappa shape index (κ3) is 9.17. The van der Waals surface area contributed by atoms with Crippen molar-refractivity contribution in [2.75, 3.05) is 41.8 Å². The van der Waals surface area contributed by atoms with E-state index in [1.165, 1.54) is 31.0 Å². The zero-order chi connectivity index (χ0) is 40.1. The van der Waals surface area contributed by atoms with Gasteiger partial charge >= 0.3 is 18.0 Å². The lowest BCUT2D eigenvalue weighted by Crippen LogP contribution is -2.47. The van der Waals surface area contributed by atoms with E-state index in [0.29, 0.717) is 40.9 Å². The van der Waals surface area contributed by atoms with Crippen LogP contribution < -0.4 is 35.6 Å². The summed E-state index contributed by atoms with van der Waals surface area (Å²) >= 11 is 0. The number of anilines is 3. The topological polar surface area (TPSA) is 231 Å². The number of aromatic nitrogens is 2. The van der Waals surface area contributed by atoms with Crippen molar-refractivity contribution in [2.45, 2.75) is 66.8 Å². The number of fused-ring (bicyclic) bond motifs is 6. The fourth-order valence-electron chi connectivity index (χ4n) is 6.50. The highest BCUT2D eigenvalue weighted by Crippen LogP contribution is 2.42. The molecule has 0 unspecified atom stereocenters. The van der Waals surface area contributed by atoms with E-state index in [0.717, 1.165) is 16.7 Å². The smallest absolute Gasteiger partial charge is 0.415 e. The number of hydrogen-bond donors (Lipinski definition) is 3. The van der Waals surface area contributed by atoms with Crippen LogP contribution in [0.15, 0.2) is 73.1 Å². The Hall–Kier alpha value is -6.98. The molecule has 0 aliphatic carbocycles. The second-order valence-electron chi connectivity index (χ2n) is 12.7. The summed E-state index contributed by atoms with van der Waals surface area (Å²) in [6.07, 6.45) is 1.24. The van der Waals surface area contributed by atoms with Crippen molar-refractivity contribution in [2.24, 2.45) is 0 Å². The summed E-state index contributed by atoms with van der Waals surface area (Å²) in [6, 6.07) is 16.8. The molecule has 0 saturated carbocycles. The second kappa shape index (κ2) is 18.8. The number of nitro groups is 1. The minimum absolute atomic E-state index is 0. The number of carbonyl (C=O) groups is 4. The van der Waals surface area contributed by atoms with E-state index >= 15 is 0 Å². The Bertz CT molecular complexity index is 2130. The standard InChI is InChI=1S/C18H16N4O6.C18H18N4O4.C2H6.2CH4/c1-10(23)19-8-16-14-9-27-15-6-11(2-4-13(15)21(14)18(24)28-16)12-3-5-17(20-7-12)22(25)26;1-10(23)20-8-16-14-9-25-15-6-11(12-3-5-17(19)21-7-12)2-4-13(15)22(14)18(24)26-16;1-2;;/h2-7,14,16H,8-9H2,1H3,(H,19,23);2-7,14,16H,8-9H2,1H3,(H2,19,21)(H,20,23);1-2H3;2*1H4/t2*14-,16-;;;/m00.../s1. The summed E-state index contributed by atoms with van der Waals surface area (Å²) in [5.41, 5.74) is 10.1. The maximum absolute atomic E-state index is 12.3. The van der Waals surface area contributed by atoms with Crippen LogP contribution in [0.2, 0.25) is 0 Å². The van der Waals surface area contributed by atoms with Gasteiger partial charge in [-0.2, -0.15) is 0 Å². The average Bonchev–Trinajstić information content (AvgIpc) is 3.72. The van der Waals surface area contributed by atoms with Gasteiger partial charge in [-0.15, -0.1) is 0 Å². The van der Waals surface area contributed by atoms with Crippen LogP contribution in [0.4, 0.5) is 32.6 Å². The van der Waals surface area contributed by atoms with Gasteiger partial charge in [-0.3, -0.25) is 19.4 Å². The highest BCUT2D eigenvalue weighted by atomic mass is 16.6. The molecular formula is C40H48N8O10. The number of nitrogen functional groups attached to an aromatic ring is 1. The average molecular weight is 801 g/mol. The molecule has 0 spiro atoms. The van der Waals surface area contributed by atoms with Gasteiger partial charge in [0.25, 0.3) is 0 Å². The van der Waals surface area contributed by atoms with E-state index in [1.807, 2.05) is 38.1 Å². The van der Waals surface area contributed by atoms with Crippen LogP contribution >= 0.6 is 0 Å². The lowest BCUT2D eigenvalue weighted by atomic mass is 10.0. The molecule has 4 aliphatic rings. The predicted molar refractivity (Wildman–Crippen MR) is 217 cm³/mol. The number of rotatable bonds is 7. The van der Waals surface area contributed by atoms with E-state index in [2.05, 4.69) is 20.6 Å². The third-order valence-corrected chi connectivity index (χ3v) is 9.17. The first-order chi connectivity index (χ1) is 27.0. The van der Waals surface area contributed by atoms with Crippen molar-refractivity contribution in [1.29, 1.82) is 0 Å². The maximum atomic E-state index is 12.3. The number of cyclic esters (lactones) is 2. The van der Waals surface area contributed by atoms with Crippen molar-refractivity contribution < 1.29 is 43.0 Å². The van der Waals surface area contributed by atoms with Crippen LogP contribution in [0.25, 0.3) is 22.3 Å². The van der Waals surface area contributed by atoms with E-state index < -0.39 is 29.3 Å². The van der Waals surface area contributed by atoms with E-state index in [9.17, 15) is 29.3 Å². The summed E-state index contributed by atoms with van der Waals surface area (Å²) in [5, 5.41) is 16.1. The Morgan fingerprint density at radius 3 is 1.55 bits per heavy atom. The van der Waals surface area contributed by atoms with Crippen LogP contribution in [0, 0.1) is 10.1 Å². The van der Waals surface area contributed by atoms with Crippen LogP contribution in [0.1, 0.15) is 42.5 Å². The number of ether oxygens (including phenoxy) is 4. The Balaban J connectivity index is 0.000000239. The molecule has 4 aromatic rings. The van der Waals surface area contributed by atoms with Crippen molar-refractivity contribution in [3.8, 4) is 33.8 Å². The van der Waals surface area contributed by atoms with Gasteiger partial charge in [0.2, 0.25) is 11.8 Å². The number of nitrogens with two attached hydrogens (primary N) is 1. The SMILES string of the molecule is C.C.CC.CC(=O)NC[C@@H]1OC(=O)N2c3ccc(-c4ccc(N)nc4)cc3OC[C@@H]12.CC(=O)NC[C@@H]1OC(=O)N2c3ccc(-c4ccc([N+](=O)[O-])nc4)cc3OC[C@@H]12. The lowest BCUT2D eigenvalue weighted by Gasteiger charge is -2.31. The number of benzene rings is 2. The largest absolute Gasteiger partial charge is 0.489 e. The number of amides is 4. The molecule has 2 saturated heterocycles. The van der Waals surface area contributed by atoms with E-state index in [-0.39, 0.29) is 64.3 Å². The van der Waals surface area contributed by atoms with Crippen molar-refractivity contribution in [3.63, 3.8) is 0 Å². The van der Waals surface area contributed by atoms with Gasteiger partial charge in [0.15, 0.2) is 0 Å². The predicted octanol–water partition coefficient (Wildman–Crippen LogP) is 5.73. The van der Waals surface area contributed by atoms with Gasteiger partial charge in [-0.05, 0) is 63.5 Å². The van der Waals surface area contributed by atoms with Gasteiger partial charge in [-0.1, -0.05) is 40.8 Å². The second-order valence-corrected chi connectivity index (χ2v) is 12.7. The van der Waals surface area contributed by atoms with Crippen molar-refractivity contribution >= 4 is 47.0 Å². The maximum Gasteiger partial charge on any atom is 0.415 e. The molecule has 308 valence electrons. The highest BCUT2D eigenvalue weighted by molar-refractivity contribution is 5.95. The molecule has 58 heavy (non-hydrogen) atoms. The zero-order valence-corrected chi connectivity index (χ0v) is 31.0. The molecule has 2 fully saturated rings. The van der Waals surface area contributed by atoms with E-state index in [1.54, 1.807) is 41.4 Å². The fraction of sp³-hybridized carbons (Fsp3) is 0.350. The van der Waals surface area contributed by atoms with Gasteiger partial charge in [0.05, 0.1) is 24.5 Å². The molecule has 0 bridgehead atoms. The molecular weight excluding hydrogens is 752 g/mol. The normalized spacial score (nSPS) is 19.0. The first-order valence-electron chi connectivity index (χ1n) is 17.8. The Kier molecular flexibility index (Phi) is 14.2. The fourth-order valence-corrected chi connectivity index (χ4v) is 6.50. The Morgan fingerprint density at radius 2 is 1.17 bits per heavy atom. The van der Waals surface area contributed by atoms with Crippen LogP contribution in [-0.4, -0.2) is 89.5 Å². The summed E-state index contributed by atoms with van der Waals surface area (Å²) in [7, 11) is 0. The minimum Gasteiger partial charge on any atom is -0.489 e. The van der Waals surface area contributed by atoms with Crippen molar-refractivity contribution in [1.82, 2.24) is 20.6 Å². The molecule has 4 N–H and O–H groups in total. The number of carbonyl (C=O) groups excluding carboxylic acids is 4. The molecule has 4 aliphatic heterocycles. The number of nitrogens with one attached hydrogen (secondary N) is 2. The first-order valence-corrected chi connectivity index (χ1v) is 17.8. The Labute approximate surface area is 335 Å². The van der Waals surface area contributed by atoms with Gasteiger partial charge in [0.1, 0.15) is 61.0 Å². The van der Waals surface area contributed by atoms with Gasteiger partial charge in [0, 0.05) is 37.2 Å². The molecule has 2 aromatic heterocycles.